The van der Waals surface area contributed by atoms with E-state index in [0.29, 0.717) is 30.7 Å². The largest absolute Gasteiger partial charge is 0.493 e. The number of methoxy groups -OCH3 is 1. The summed E-state index contributed by atoms with van der Waals surface area (Å²) >= 11 is 0. The molecular formula is C37H47N5O8S. The summed E-state index contributed by atoms with van der Waals surface area (Å²) in [6.07, 6.45) is 3.67. The number of nitrogens with one attached hydrogen (secondary N) is 1. The minimum absolute atomic E-state index is 0.0237. The smallest absolute Gasteiger partial charge is 0.341 e. The van der Waals surface area contributed by atoms with Crippen LogP contribution in [0, 0.1) is 13.8 Å². The van der Waals surface area contributed by atoms with Crippen LogP contribution in [0.1, 0.15) is 75.6 Å². The standard InChI is InChI=1S/C37H47N5O8S/c1-6-49-32-18-24(7-12-29(32)35(43)38-51(46,47)42-25-8-9-26(42)11-10-25)36(44)41-14-13-28-30(20-41)37(45)50-34-23(3)31(17-22(2)33(28)34)40-16-15-39(4)27(19-40)21-48-5/h7,12,17-18,25-27H,6,8-11,13-16,19-21H2,1-5H3,(H,38,43)/t25?,26?,27-/m1/s1. The molecule has 7 rings (SSSR count). The SMILES string of the molecule is CCOc1cc(C(=O)N2CCc3c(c(=O)oc4c(C)c(N5CCN(C)[C@@H](COC)C5)cc(C)c34)C2)ccc1C(=O)NS(=O)(=O)N1C2CCC1CC2. The van der Waals surface area contributed by atoms with Gasteiger partial charge in [0.15, 0.2) is 0 Å². The lowest BCUT2D eigenvalue weighted by Gasteiger charge is -2.41. The van der Waals surface area contributed by atoms with Crippen LogP contribution >= 0.6 is 0 Å². The van der Waals surface area contributed by atoms with E-state index in [1.165, 1.54) is 22.5 Å². The molecule has 1 aromatic heterocycles. The molecule has 2 bridgehead atoms. The number of ether oxygens (including phenoxy) is 2. The zero-order valence-electron chi connectivity index (χ0n) is 30.0. The molecule has 4 aliphatic rings. The summed E-state index contributed by atoms with van der Waals surface area (Å²) in [6, 6.07) is 6.65. The Hall–Kier alpha value is -3.98. The maximum atomic E-state index is 13.9. The van der Waals surface area contributed by atoms with E-state index in [9.17, 15) is 22.8 Å². The second-order valence-electron chi connectivity index (χ2n) is 14.3. The van der Waals surface area contributed by atoms with Crippen LogP contribution in [-0.2, 0) is 27.9 Å². The molecule has 2 aromatic carbocycles. The van der Waals surface area contributed by atoms with Crippen molar-refractivity contribution < 1.29 is 31.9 Å². The quantitative estimate of drug-likeness (QED) is 0.327. The molecule has 0 aliphatic carbocycles. The predicted molar refractivity (Wildman–Crippen MR) is 193 cm³/mol. The van der Waals surface area contributed by atoms with Gasteiger partial charge < -0.3 is 23.7 Å². The fraction of sp³-hybridized carbons (Fsp3) is 0.541. The Kier molecular flexibility index (Phi) is 9.63. The van der Waals surface area contributed by atoms with Crippen LogP contribution in [0.15, 0.2) is 33.5 Å². The number of carbonyl (C=O) groups is 2. The molecule has 0 spiro atoms. The molecule has 2 amide bonds. The van der Waals surface area contributed by atoms with Crippen LogP contribution in [0.5, 0.6) is 5.75 Å². The van der Waals surface area contributed by atoms with Crippen molar-refractivity contribution >= 4 is 38.7 Å². The highest BCUT2D eigenvalue weighted by atomic mass is 32.2. The molecule has 0 unspecified atom stereocenters. The molecule has 4 aliphatic heterocycles. The van der Waals surface area contributed by atoms with E-state index >= 15 is 0 Å². The van der Waals surface area contributed by atoms with Crippen molar-refractivity contribution in [3.05, 3.63) is 68.1 Å². The summed E-state index contributed by atoms with van der Waals surface area (Å²) in [5.74, 6) is -1.03. The van der Waals surface area contributed by atoms with Gasteiger partial charge in [-0.3, -0.25) is 14.5 Å². The number of fused-ring (bicyclic) bond motifs is 5. The molecule has 3 fully saturated rings. The number of hydrogen-bond donors (Lipinski definition) is 1. The van der Waals surface area contributed by atoms with E-state index in [1.54, 1.807) is 18.9 Å². The lowest BCUT2D eigenvalue weighted by Crippen LogP contribution is -2.53. The van der Waals surface area contributed by atoms with Gasteiger partial charge in [0.2, 0.25) is 0 Å². The molecule has 3 aromatic rings. The average Bonchev–Trinajstić information content (AvgIpc) is 3.73. The van der Waals surface area contributed by atoms with Crippen molar-refractivity contribution in [1.82, 2.24) is 18.8 Å². The highest BCUT2D eigenvalue weighted by molar-refractivity contribution is 7.87. The Morgan fingerprint density at radius 1 is 1.02 bits per heavy atom. The molecule has 51 heavy (non-hydrogen) atoms. The number of likely N-dealkylation sites (N-methyl/N-ethyl adjacent to an activating group) is 1. The monoisotopic (exact) mass is 721 g/mol. The second-order valence-corrected chi connectivity index (χ2v) is 15.8. The first kappa shape index (κ1) is 35.4. The van der Waals surface area contributed by atoms with Gasteiger partial charge in [0.05, 0.1) is 36.9 Å². The first-order valence-corrected chi connectivity index (χ1v) is 19.3. The Morgan fingerprint density at radius 2 is 1.75 bits per heavy atom. The zero-order valence-corrected chi connectivity index (χ0v) is 30.8. The number of amides is 2. The van der Waals surface area contributed by atoms with Crippen molar-refractivity contribution in [3.63, 3.8) is 0 Å². The fourth-order valence-electron chi connectivity index (χ4n) is 8.57. The maximum Gasteiger partial charge on any atom is 0.341 e. The number of rotatable bonds is 9. The number of carbonyl (C=O) groups excluding carboxylic acids is 2. The minimum Gasteiger partial charge on any atom is -0.493 e. The van der Waals surface area contributed by atoms with E-state index in [1.807, 2.05) is 13.8 Å². The van der Waals surface area contributed by atoms with Crippen LogP contribution in [0.25, 0.3) is 11.0 Å². The molecule has 5 heterocycles. The minimum atomic E-state index is -4.03. The lowest BCUT2D eigenvalue weighted by molar-refractivity contribution is 0.0731. The zero-order chi connectivity index (χ0) is 36.2. The maximum absolute atomic E-state index is 13.9. The Labute approximate surface area is 298 Å². The summed E-state index contributed by atoms with van der Waals surface area (Å²) in [4.78, 5) is 47.0. The van der Waals surface area contributed by atoms with Crippen LogP contribution in [0.3, 0.4) is 0 Å². The molecule has 1 atom stereocenters. The van der Waals surface area contributed by atoms with Crippen molar-refractivity contribution in [2.75, 3.05) is 58.5 Å². The van der Waals surface area contributed by atoms with Gasteiger partial charge in [-0.1, -0.05) is 0 Å². The summed E-state index contributed by atoms with van der Waals surface area (Å²) in [5, 5.41) is 0.923. The van der Waals surface area contributed by atoms with Gasteiger partial charge in [0.1, 0.15) is 11.3 Å². The van der Waals surface area contributed by atoms with Crippen molar-refractivity contribution in [2.24, 2.45) is 0 Å². The van der Waals surface area contributed by atoms with Crippen molar-refractivity contribution in [2.45, 2.75) is 77.5 Å². The molecule has 0 saturated carbocycles. The number of aryl methyl sites for hydroxylation is 2. The van der Waals surface area contributed by atoms with E-state index in [0.717, 1.165) is 73.1 Å². The summed E-state index contributed by atoms with van der Waals surface area (Å²) in [6.45, 7) is 9.63. The molecular weight excluding hydrogens is 675 g/mol. The molecule has 1 N–H and O–H groups in total. The van der Waals surface area contributed by atoms with Gasteiger partial charge in [-0.25, -0.2) is 9.52 Å². The van der Waals surface area contributed by atoms with Crippen molar-refractivity contribution in [3.8, 4) is 5.75 Å². The van der Waals surface area contributed by atoms with E-state index < -0.39 is 21.7 Å². The van der Waals surface area contributed by atoms with Crippen LogP contribution < -0.4 is 20.0 Å². The Morgan fingerprint density at radius 3 is 2.43 bits per heavy atom. The van der Waals surface area contributed by atoms with Crippen LogP contribution in [0.2, 0.25) is 0 Å². The molecule has 14 heteroatoms. The number of benzene rings is 2. The first-order chi connectivity index (χ1) is 24.4. The van der Waals surface area contributed by atoms with Gasteiger partial charge in [0.25, 0.3) is 11.8 Å². The third-order valence-electron chi connectivity index (χ3n) is 11.2. The molecule has 13 nitrogen and oxygen atoms in total. The fourth-order valence-corrected chi connectivity index (χ4v) is 10.2. The summed E-state index contributed by atoms with van der Waals surface area (Å²) < 4.78 is 47.2. The number of anilines is 1. The third-order valence-corrected chi connectivity index (χ3v) is 12.8. The average molecular weight is 722 g/mol. The number of piperazine rings is 1. The number of nitrogens with zero attached hydrogens (tertiary/aromatic N) is 4. The Balaban J connectivity index is 1.12. The molecule has 274 valence electrons. The van der Waals surface area contributed by atoms with Gasteiger partial charge >= 0.3 is 15.8 Å². The van der Waals surface area contributed by atoms with E-state index in [4.69, 9.17) is 13.9 Å². The van der Waals surface area contributed by atoms with Gasteiger partial charge in [0, 0.05) is 67.6 Å². The summed E-state index contributed by atoms with van der Waals surface area (Å²) in [5.41, 5.74) is 4.76. The first-order valence-electron chi connectivity index (χ1n) is 17.9. The van der Waals surface area contributed by atoms with Gasteiger partial charge in [-0.2, -0.15) is 12.7 Å². The van der Waals surface area contributed by atoms with E-state index in [2.05, 4.69) is 27.6 Å². The van der Waals surface area contributed by atoms with Gasteiger partial charge in [-0.15, -0.1) is 0 Å². The third kappa shape index (κ3) is 6.40. The second kappa shape index (κ2) is 13.9. The highest BCUT2D eigenvalue weighted by Crippen LogP contribution is 2.39. The summed E-state index contributed by atoms with van der Waals surface area (Å²) in [7, 11) is -0.205. The Bertz CT molecular complexity index is 2030. The number of hydrogen-bond acceptors (Lipinski definition) is 10. The molecule has 3 saturated heterocycles. The normalized spacial score (nSPS) is 22.4. The van der Waals surface area contributed by atoms with Crippen LogP contribution in [0.4, 0.5) is 5.69 Å². The lowest BCUT2D eigenvalue weighted by atomic mass is 9.92. The molecule has 0 radical (unpaired) electrons. The van der Waals surface area contributed by atoms with E-state index in [-0.39, 0.29) is 54.1 Å². The van der Waals surface area contributed by atoms with Crippen LogP contribution in [-0.4, -0.2) is 106 Å². The van der Waals surface area contributed by atoms with Crippen molar-refractivity contribution in [1.29, 1.82) is 0 Å². The van der Waals surface area contributed by atoms with Gasteiger partial charge in [-0.05, 0) is 95.3 Å². The topological polar surface area (TPSA) is 142 Å². The highest BCUT2D eigenvalue weighted by Gasteiger charge is 2.47. The predicted octanol–water partition coefficient (Wildman–Crippen LogP) is 3.38.